The largest absolute Gasteiger partial charge is 0.393 e. The SMILES string of the molecule is OC1CCCC1C1CCCN1CC1CCC1. The van der Waals surface area contributed by atoms with Crippen LogP contribution in [0.1, 0.15) is 51.4 Å². The Morgan fingerprint density at radius 1 is 0.938 bits per heavy atom. The van der Waals surface area contributed by atoms with Crippen molar-refractivity contribution < 1.29 is 5.11 Å². The van der Waals surface area contributed by atoms with Gasteiger partial charge in [0.15, 0.2) is 0 Å². The molecule has 0 aromatic heterocycles. The third-order valence-corrected chi connectivity index (χ3v) is 5.16. The van der Waals surface area contributed by atoms with E-state index in [1.165, 1.54) is 58.0 Å². The molecule has 3 rings (SSSR count). The Labute approximate surface area is 99.0 Å². The summed E-state index contributed by atoms with van der Waals surface area (Å²) in [7, 11) is 0. The van der Waals surface area contributed by atoms with E-state index in [1.807, 2.05) is 0 Å². The van der Waals surface area contributed by atoms with E-state index in [0.29, 0.717) is 5.92 Å². The third kappa shape index (κ3) is 2.02. The standard InChI is InChI=1S/C14H25NO/c16-14-8-2-6-12(14)13-7-3-9-15(13)10-11-4-1-5-11/h11-14,16H,1-10H2. The van der Waals surface area contributed by atoms with Gasteiger partial charge in [0.05, 0.1) is 6.10 Å². The van der Waals surface area contributed by atoms with Crippen LogP contribution in [-0.2, 0) is 0 Å². The molecule has 2 aliphatic carbocycles. The van der Waals surface area contributed by atoms with Gasteiger partial charge in [-0.25, -0.2) is 0 Å². The molecule has 2 heteroatoms. The number of rotatable bonds is 3. The van der Waals surface area contributed by atoms with Crippen LogP contribution in [0.3, 0.4) is 0 Å². The molecule has 0 aromatic carbocycles. The summed E-state index contributed by atoms with van der Waals surface area (Å²) in [6.07, 6.45) is 10.6. The molecule has 0 aromatic rings. The summed E-state index contributed by atoms with van der Waals surface area (Å²) in [6, 6.07) is 0.720. The molecular weight excluding hydrogens is 198 g/mol. The fourth-order valence-electron chi connectivity index (χ4n) is 3.99. The summed E-state index contributed by atoms with van der Waals surface area (Å²) >= 11 is 0. The van der Waals surface area contributed by atoms with Crippen molar-refractivity contribution in [3.63, 3.8) is 0 Å². The molecule has 0 spiro atoms. The number of hydrogen-bond acceptors (Lipinski definition) is 2. The zero-order valence-corrected chi connectivity index (χ0v) is 10.3. The first-order chi connectivity index (χ1) is 7.84. The molecule has 0 bridgehead atoms. The maximum absolute atomic E-state index is 10.0. The minimum atomic E-state index is 0.00647. The summed E-state index contributed by atoms with van der Waals surface area (Å²) in [4.78, 5) is 2.71. The summed E-state index contributed by atoms with van der Waals surface area (Å²) in [6.45, 7) is 2.62. The molecule has 16 heavy (non-hydrogen) atoms. The van der Waals surface area contributed by atoms with Crippen LogP contribution < -0.4 is 0 Å². The summed E-state index contributed by atoms with van der Waals surface area (Å²) in [5.41, 5.74) is 0. The molecule has 2 nitrogen and oxygen atoms in total. The van der Waals surface area contributed by atoms with E-state index >= 15 is 0 Å². The Morgan fingerprint density at radius 3 is 2.38 bits per heavy atom. The molecule has 1 N–H and O–H groups in total. The summed E-state index contributed by atoms with van der Waals surface area (Å²) < 4.78 is 0. The van der Waals surface area contributed by atoms with Gasteiger partial charge >= 0.3 is 0 Å². The van der Waals surface area contributed by atoms with Gasteiger partial charge < -0.3 is 5.11 Å². The molecule has 92 valence electrons. The van der Waals surface area contributed by atoms with Crippen molar-refractivity contribution in [3.8, 4) is 0 Å². The van der Waals surface area contributed by atoms with Crippen molar-refractivity contribution in [1.29, 1.82) is 0 Å². The second-order valence-electron chi connectivity index (χ2n) is 6.16. The van der Waals surface area contributed by atoms with Crippen LogP contribution in [-0.4, -0.2) is 35.2 Å². The molecule has 1 heterocycles. The third-order valence-electron chi connectivity index (χ3n) is 5.16. The van der Waals surface area contributed by atoms with Gasteiger partial charge in [-0.3, -0.25) is 4.90 Å². The van der Waals surface area contributed by atoms with E-state index < -0.39 is 0 Å². The highest BCUT2D eigenvalue weighted by Crippen LogP contribution is 2.37. The fourth-order valence-corrected chi connectivity index (χ4v) is 3.99. The Bertz CT molecular complexity index is 239. The van der Waals surface area contributed by atoms with Gasteiger partial charge in [0.25, 0.3) is 0 Å². The molecule has 3 fully saturated rings. The maximum Gasteiger partial charge on any atom is 0.0583 e. The molecule has 1 aliphatic heterocycles. The summed E-state index contributed by atoms with van der Waals surface area (Å²) in [5.74, 6) is 1.58. The van der Waals surface area contributed by atoms with Gasteiger partial charge in [-0.15, -0.1) is 0 Å². The Hall–Kier alpha value is -0.0800. The van der Waals surface area contributed by atoms with Crippen molar-refractivity contribution in [2.75, 3.05) is 13.1 Å². The topological polar surface area (TPSA) is 23.5 Å². The summed E-state index contributed by atoms with van der Waals surface area (Å²) in [5, 5.41) is 10.0. The van der Waals surface area contributed by atoms with Crippen LogP contribution in [0.25, 0.3) is 0 Å². The monoisotopic (exact) mass is 223 g/mol. The van der Waals surface area contributed by atoms with E-state index in [-0.39, 0.29) is 6.10 Å². The van der Waals surface area contributed by atoms with E-state index in [1.54, 1.807) is 0 Å². The van der Waals surface area contributed by atoms with Crippen molar-refractivity contribution in [2.45, 2.75) is 63.5 Å². The molecule has 1 saturated heterocycles. The van der Waals surface area contributed by atoms with E-state index in [0.717, 1.165) is 18.4 Å². The van der Waals surface area contributed by atoms with Crippen molar-refractivity contribution in [2.24, 2.45) is 11.8 Å². The van der Waals surface area contributed by atoms with Gasteiger partial charge in [0.1, 0.15) is 0 Å². The normalized spacial score (nSPS) is 41.4. The lowest BCUT2D eigenvalue weighted by molar-refractivity contribution is 0.0611. The molecule has 0 radical (unpaired) electrons. The lowest BCUT2D eigenvalue weighted by atomic mass is 9.84. The van der Waals surface area contributed by atoms with Gasteiger partial charge in [-0.2, -0.15) is 0 Å². The van der Waals surface area contributed by atoms with Gasteiger partial charge in [0, 0.05) is 18.5 Å². The number of hydrogen-bond donors (Lipinski definition) is 1. The van der Waals surface area contributed by atoms with Gasteiger partial charge in [-0.05, 0) is 51.0 Å². The smallest absolute Gasteiger partial charge is 0.0583 e. The van der Waals surface area contributed by atoms with Crippen LogP contribution >= 0.6 is 0 Å². The molecule has 3 aliphatic rings. The van der Waals surface area contributed by atoms with Crippen molar-refractivity contribution >= 4 is 0 Å². The average molecular weight is 223 g/mol. The second-order valence-corrected chi connectivity index (χ2v) is 6.16. The highest BCUT2D eigenvalue weighted by atomic mass is 16.3. The molecular formula is C14H25NO. The minimum absolute atomic E-state index is 0.00647. The number of aliphatic hydroxyl groups is 1. The van der Waals surface area contributed by atoms with Crippen LogP contribution in [0, 0.1) is 11.8 Å². The van der Waals surface area contributed by atoms with E-state index in [4.69, 9.17) is 0 Å². The Kier molecular flexibility index (Phi) is 3.21. The zero-order valence-electron chi connectivity index (χ0n) is 10.3. The highest BCUT2D eigenvalue weighted by molar-refractivity contribution is 4.92. The Balaban J connectivity index is 1.59. The number of aliphatic hydroxyl groups excluding tert-OH is 1. The van der Waals surface area contributed by atoms with Crippen LogP contribution in [0.4, 0.5) is 0 Å². The van der Waals surface area contributed by atoms with Gasteiger partial charge in [-0.1, -0.05) is 12.8 Å². The quantitative estimate of drug-likeness (QED) is 0.794. The van der Waals surface area contributed by atoms with Crippen molar-refractivity contribution in [3.05, 3.63) is 0 Å². The average Bonchev–Trinajstić information content (AvgIpc) is 2.79. The molecule has 3 atom stereocenters. The predicted octanol–water partition coefficient (Wildman–Crippen LogP) is 2.41. The predicted molar refractivity (Wildman–Crippen MR) is 65.3 cm³/mol. The minimum Gasteiger partial charge on any atom is -0.393 e. The lowest BCUT2D eigenvalue weighted by Crippen LogP contribution is -2.42. The molecule has 0 amide bonds. The van der Waals surface area contributed by atoms with Crippen molar-refractivity contribution in [1.82, 2.24) is 4.90 Å². The number of likely N-dealkylation sites (tertiary alicyclic amines) is 1. The highest BCUT2D eigenvalue weighted by Gasteiger charge is 2.39. The zero-order chi connectivity index (χ0) is 11.0. The lowest BCUT2D eigenvalue weighted by Gasteiger charge is -2.36. The Morgan fingerprint density at radius 2 is 1.75 bits per heavy atom. The first-order valence-electron chi connectivity index (χ1n) is 7.27. The second kappa shape index (κ2) is 4.66. The molecule has 2 saturated carbocycles. The van der Waals surface area contributed by atoms with E-state index in [9.17, 15) is 5.11 Å². The first-order valence-corrected chi connectivity index (χ1v) is 7.27. The first kappa shape index (κ1) is 11.0. The fraction of sp³-hybridized carbons (Fsp3) is 1.00. The maximum atomic E-state index is 10.0. The number of nitrogens with zero attached hydrogens (tertiary/aromatic N) is 1. The van der Waals surface area contributed by atoms with Crippen LogP contribution in [0.2, 0.25) is 0 Å². The van der Waals surface area contributed by atoms with Gasteiger partial charge in [0.2, 0.25) is 0 Å². The van der Waals surface area contributed by atoms with Crippen LogP contribution in [0.5, 0.6) is 0 Å². The van der Waals surface area contributed by atoms with Crippen LogP contribution in [0.15, 0.2) is 0 Å². The molecule has 3 unspecified atom stereocenters. The van der Waals surface area contributed by atoms with E-state index in [2.05, 4.69) is 4.90 Å².